The molecule has 0 amide bonds. The number of aliphatic hydroxyl groups is 1. The molecule has 2 heterocycles. The van der Waals surface area contributed by atoms with Crippen molar-refractivity contribution >= 4 is 5.82 Å². The molecule has 1 fully saturated rings. The number of hydrogen-bond acceptors (Lipinski definition) is 3. The van der Waals surface area contributed by atoms with Gasteiger partial charge in [0.05, 0.1) is 6.61 Å². The van der Waals surface area contributed by atoms with Crippen LogP contribution < -0.4 is 4.90 Å². The van der Waals surface area contributed by atoms with Gasteiger partial charge in [-0.3, -0.25) is 0 Å². The molecule has 1 unspecified atom stereocenters. The van der Waals surface area contributed by atoms with Crippen LogP contribution in [0.2, 0.25) is 0 Å². The quantitative estimate of drug-likeness (QED) is 0.889. The van der Waals surface area contributed by atoms with Crippen molar-refractivity contribution < 1.29 is 5.11 Å². The minimum atomic E-state index is 0.0152. The molecule has 1 aliphatic rings. The van der Waals surface area contributed by atoms with Crippen molar-refractivity contribution in [3.05, 3.63) is 23.4 Å². The van der Waals surface area contributed by atoms with E-state index in [2.05, 4.69) is 32.6 Å². The molecule has 3 nitrogen and oxygen atoms in total. The number of hydrogen-bond donors (Lipinski definition) is 1. The fourth-order valence-corrected chi connectivity index (χ4v) is 2.61. The Morgan fingerprint density at radius 1 is 1.37 bits per heavy atom. The highest BCUT2D eigenvalue weighted by atomic mass is 16.3. The molecule has 1 atom stereocenters. The standard InChI is InChI=1S/C16H26N2O/c1-12-6-5-7-18(10-12)15-9-13(11-19)8-14(17-15)16(2,3)4/h8-9,12,19H,5-7,10-11H2,1-4H3. The van der Waals surface area contributed by atoms with Crippen LogP contribution in [0.25, 0.3) is 0 Å². The number of nitrogens with zero attached hydrogens (tertiary/aromatic N) is 2. The summed E-state index contributed by atoms with van der Waals surface area (Å²) in [6, 6.07) is 4.06. The topological polar surface area (TPSA) is 36.4 Å². The fourth-order valence-electron chi connectivity index (χ4n) is 2.61. The van der Waals surface area contributed by atoms with Gasteiger partial charge < -0.3 is 10.0 Å². The van der Waals surface area contributed by atoms with E-state index < -0.39 is 0 Å². The summed E-state index contributed by atoms with van der Waals surface area (Å²) >= 11 is 0. The third-order valence-corrected chi connectivity index (χ3v) is 3.80. The van der Waals surface area contributed by atoms with Crippen LogP contribution in [0.4, 0.5) is 5.82 Å². The molecule has 3 heteroatoms. The van der Waals surface area contributed by atoms with Gasteiger partial charge in [-0.25, -0.2) is 4.98 Å². The Kier molecular flexibility index (Phi) is 4.14. The zero-order valence-corrected chi connectivity index (χ0v) is 12.6. The Bertz CT molecular complexity index is 437. The summed E-state index contributed by atoms with van der Waals surface area (Å²) in [6.45, 7) is 11.0. The van der Waals surface area contributed by atoms with Gasteiger partial charge in [0.25, 0.3) is 0 Å². The van der Waals surface area contributed by atoms with Crippen LogP contribution in [-0.2, 0) is 12.0 Å². The first-order chi connectivity index (χ1) is 8.90. The maximum absolute atomic E-state index is 9.46. The Labute approximate surface area is 116 Å². The predicted molar refractivity (Wildman–Crippen MR) is 79.5 cm³/mol. The van der Waals surface area contributed by atoms with Crippen molar-refractivity contribution in [1.29, 1.82) is 0 Å². The Morgan fingerprint density at radius 2 is 2.11 bits per heavy atom. The van der Waals surface area contributed by atoms with Crippen LogP contribution in [0.15, 0.2) is 12.1 Å². The molecule has 1 aromatic rings. The molecule has 1 saturated heterocycles. The molecule has 0 aromatic carbocycles. The second-order valence-electron chi connectivity index (χ2n) is 6.82. The van der Waals surface area contributed by atoms with E-state index in [4.69, 9.17) is 4.98 Å². The maximum atomic E-state index is 9.46. The predicted octanol–water partition coefficient (Wildman–Crippen LogP) is 3.11. The normalized spacial score (nSPS) is 20.7. The van der Waals surface area contributed by atoms with Crippen LogP contribution in [0.5, 0.6) is 0 Å². The van der Waals surface area contributed by atoms with Crippen molar-refractivity contribution in [1.82, 2.24) is 4.98 Å². The summed E-state index contributed by atoms with van der Waals surface area (Å²) in [4.78, 5) is 7.19. The molecule has 1 aromatic heterocycles. The van der Waals surface area contributed by atoms with E-state index in [1.807, 2.05) is 12.1 Å². The lowest BCUT2D eigenvalue weighted by Gasteiger charge is -2.33. The highest BCUT2D eigenvalue weighted by Gasteiger charge is 2.21. The summed E-state index contributed by atoms with van der Waals surface area (Å²) in [7, 11) is 0. The van der Waals surface area contributed by atoms with Gasteiger partial charge in [0.1, 0.15) is 5.82 Å². The SMILES string of the molecule is CC1CCCN(c2cc(CO)cc(C(C)(C)C)n2)C1. The lowest BCUT2D eigenvalue weighted by Crippen LogP contribution is -2.35. The van der Waals surface area contributed by atoms with Crippen LogP contribution in [0.3, 0.4) is 0 Å². The average molecular weight is 262 g/mol. The Morgan fingerprint density at radius 3 is 2.68 bits per heavy atom. The van der Waals surface area contributed by atoms with Crippen LogP contribution in [0.1, 0.15) is 51.8 Å². The number of pyridine rings is 1. The molecule has 1 N–H and O–H groups in total. The summed E-state index contributed by atoms with van der Waals surface area (Å²) < 4.78 is 0. The highest BCUT2D eigenvalue weighted by molar-refractivity contribution is 5.44. The minimum absolute atomic E-state index is 0.0152. The smallest absolute Gasteiger partial charge is 0.129 e. The van der Waals surface area contributed by atoms with Crippen molar-refractivity contribution in [3.63, 3.8) is 0 Å². The van der Waals surface area contributed by atoms with E-state index in [1.165, 1.54) is 12.8 Å². The summed E-state index contributed by atoms with van der Waals surface area (Å²) in [5.41, 5.74) is 2.04. The van der Waals surface area contributed by atoms with E-state index in [-0.39, 0.29) is 12.0 Å². The van der Waals surface area contributed by atoms with Crippen molar-refractivity contribution in [3.8, 4) is 0 Å². The lowest BCUT2D eigenvalue weighted by molar-refractivity contribution is 0.281. The zero-order valence-electron chi connectivity index (χ0n) is 12.6. The summed E-state index contributed by atoms with van der Waals surface area (Å²) in [5, 5.41) is 9.46. The third kappa shape index (κ3) is 3.47. The molecule has 2 rings (SSSR count). The first-order valence-corrected chi connectivity index (χ1v) is 7.27. The van der Waals surface area contributed by atoms with E-state index in [0.29, 0.717) is 0 Å². The van der Waals surface area contributed by atoms with E-state index in [0.717, 1.165) is 36.1 Å². The van der Waals surface area contributed by atoms with Gasteiger partial charge in [0.2, 0.25) is 0 Å². The number of anilines is 1. The van der Waals surface area contributed by atoms with Crippen LogP contribution in [0, 0.1) is 5.92 Å². The maximum Gasteiger partial charge on any atom is 0.129 e. The van der Waals surface area contributed by atoms with Gasteiger partial charge in [-0.05, 0) is 36.5 Å². The van der Waals surface area contributed by atoms with Crippen molar-refractivity contribution in [2.45, 2.75) is 52.6 Å². The van der Waals surface area contributed by atoms with Crippen molar-refractivity contribution in [2.75, 3.05) is 18.0 Å². The molecule has 1 aliphatic heterocycles. The molecule has 106 valence electrons. The van der Waals surface area contributed by atoms with E-state index in [1.54, 1.807) is 0 Å². The molecular formula is C16H26N2O. The van der Waals surface area contributed by atoms with E-state index in [9.17, 15) is 5.11 Å². The average Bonchev–Trinajstić information content (AvgIpc) is 2.37. The zero-order chi connectivity index (χ0) is 14.0. The largest absolute Gasteiger partial charge is 0.392 e. The first-order valence-electron chi connectivity index (χ1n) is 7.27. The fraction of sp³-hybridized carbons (Fsp3) is 0.688. The molecule has 0 spiro atoms. The number of aliphatic hydroxyl groups excluding tert-OH is 1. The third-order valence-electron chi connectivity index (χ3n) is 3.80. The number of rotatable bonds is 2. The molecule has 19 heavy (non-hydrogen) atoms. The Hall–Kier alpha value is -1.09. The first kappa shape index (κ1) is 14.3. The molecule has 0 radical (unpaired) electrons. The molecule has 0 saturated carbocycles. The number of aromatic nitrogens is 1. The Balaban J connectivity index is 2.34. The van der Waals surface area contributed by atoms with Gasteiger partial charge in [-0.2, -0.15) is 0 Å². The van der Waals surface area contributed by atoms with Gasteiger partial charge in [-0.1, -0.05) is 27.7 Å². The molecule has 0 bridgehead atoms. The minimum Gasteiger partial charge on any atom is -0.392 e. The van der Waals surface area contributed by atoms with Crippen molar-refractivity contribution in [2.24, 2.45) is 5.92 Å². The molecular weight excluding hydrogens is 236 g/mol. The highest BCUT2D eigenvalue weighted by Crippen LogP contribution is 2.27. The van der Waals surface area contributed by atoms with E-state index >= 15 is 0 Å². The summed E-state index contributed by atoms with van der Waals surface area (Å²) in [6.07, 6.45) is 2.54. The van der Waals surface area contributed by atoms with Gasteiger partial charge in [0, 0.05) is 24.2 Å². The van der Waals surface area contributed by atoms with Crippen LogP contribution in [-0.4, -0.2) is 23.2 Å². The van der Waals surface area contributed by atoms with Gasteiger partial charge in [-0.15, -0.1) is 0 Å². The van der Waals surface area contributed by atoms with Gasteiger partial charge >= 0.3 is 0 Å². The van der Waals surface area contributed by atoms with Crippen LogP contribution >= 0.6 is 0 Å². The summed E-state index contributed by atoms with van der Waals surface area (Å²) in [5.74, 6) is 1.76. The second-order valence-corrected chi connectivity index (χ2v) is 6.82. The number of piperidine rings is 1. The lowest BCUT2D eigenvalue weighted by atomic mass is 9.90. The monoisotopic (exact) mass is 262 g/mol. The van der Waals surface area contributed by atoms with Gasteiger partial charge in [0.15, 0.2) is 0 Å². The second kappa shape index (κ2) is 5.49. The molecule has 0 aliphatic carbocycles.